The topological polar surface area (TPSA) is 64.9 Å². The zero-order valence-corrected chi connectivity index (χ0v) is 11.0. The van der Waals surface area contributed by atoms with Gasteiger partial charge in [-0.15, -0.1) is 5.10 Å². The molecule has 1 aromatic carbocycles. The predicted octanol–water partition coefficient (Wildman–Crippen LogP) is 1.91. The van der Waals surface area contributed by atoms with E-state index in [1.807, 2.05) is 18.2 Å². The molecule has 19 heavy (non-hydrogen) atoms. The summed E-state index contributed by atoms with van der Waals surface area (Å²) >= 11 is 6.21. The van der Waals surface area contributed by atoms with Gasteiger partial charge in [0.05, 0.1) is 23.0 Å². The molecule has 2 aromatic rings. The van der Waals surface area contributed by atoms with Crippen LogP contribution >= 0.6 is 11.6 Å². The Balaban J connectivity index is 1.81. The highest BCUT2D eigenvalue weighted by Gasteiger charge is 2.15. The van der Waals surface area contributed by atoms with Gasteiger partial charge < -0.3 is 10.1 Å². The van der Waals surface area contributed by atoms with E-state index >= 15 is 0 Å². The molecule has 1 atom stereocenters. The zero-order chi connectivity index (χ0) is 13.1. The van der Waals surface area contributed by atoms with Crippen LogP contribution in [0.2, 0.25) is 5.02 Å². The van der Waals surface area contributed by atoms with Crippen LogP contribution in [-0.2, 0) is 4.74 Å². The second-order valence-corrected chi connectivity index (χ2v) is 4.88. The number of halogens is 1. The van der Waals surface area contributed by atoms with Crippen molar-refractivity contribution in [2.24, 2.45) is 0 Å². The molecule has 7 heteroatoms. The standard InChI is InChI=1S/C12H14ClN5O/c13-11-4-3-10(18-8-14-16-17-18)6-12(11)15-9-2-1-5-19-7-9/h3-4,6,8-9,15H,1-2,5,7H2. The average molecular weight is 280 g/mol. The number of anilines is 1. The van der Waals surface area contributed by atoms with Crippen LogP contribution in [0.5, 0.6) is 0 Å². The van der Waals surface area contributed by atoms with Gasteiger partial charge in [-0.1, -0.05) is 11.6 Å². The van der Waals surface area contributed by atoms with Gasteiger partial charge in [-0.25, -0.2) is 4.68 Å². The van der Waals surface area contributed by atoms with Gasteiger partial charge in [0, 0.05) is 12.6 Å². The predicted molar refractivity (Wildman–Crippen MR) is 71.6 cm³/mol. The first kappa shape index (κ1) is 12.4. The Kier molecular flexibility index (Phi) is 3.61. The monoisotopic (exact) mass is 279 g/mol. The van der Waals surface area contributed by atoms with E-state index in [1.54, 1.807) is 11.0 Å². The van der Waals surface area contributed by atoms with Gasteiger partial charge >= 0.3 is 0 Å². The SMILES string of the molecule is Clc1ccc(-n2cnnn2)cc1NC1CCCOC1. The van der Waals surface area contributed by atoms with E-state index in [2.05, 4.69) is 20.8 Å². The number of nitrogens with zero attached hydrogens (tertiary/aromatic N) is 4. The molecule has 1 unspecified atom stereocenters. The van der Waals surface area contributed by atoms with Gasteiger partial charge in [-0.05, 0) is 41.5 Å². The van der Waals surface area contributed by atoms with Gasteiger partial charge in [0.15, 0.2) is 0 Å². The Morgan fingerprint density at radius 3 is 3.11 bits per heavy atom. The maximum absolute atomic E-state index is 6.21. The van der Waals surface area contributed by atoms with E-state index in [4.69, 9.17) is 16.3 Å². The zero-order valence-electron chi connectivity index (χ0n) is 10.3. The summed E-state index contributed by atoms with van der Waals surface area (Å²) in [5.74, 6) is 0. The average Bonchev–Trinajstić information content (AvgIpc) is 2.96. The van der Waals surface area contributed by atoms with Gasteiger partial charge in [0.1, 0.15) is 6.33 Å². The molecule has 1 aromatic heterocycles. The molecule has 2 heterocycles. The van der Waals surface area contributed by atoms with Gasteiger partial charge in [-0.2, -0.15) is 0 Å². The first-order chi connectivity index (χ1) is 9.33. The van der Waals surface area contributed by atoms with Crippen LogP contribution in [0.3, 0.4) is 0 Å². The Morgan fingerprint density at radius 2 is 2.37 bits per heavy atom. The molecule has 1 N–H and O–H groups in total. The van der Waals surface area contributed by atoms with Crippen LogP contribution in [0.25, 0.3) is 5.69 Å². The maximum Gasteiger partial charge on any atom is 0.143 e. The summed E-state index contributed by atoms with van der Waals surface area (Å²) in [6, 6.07) is 5.95. The molecule has 1 aliphatic rings. The fraction of sp³-hybridized carbons (Fsp3) is 0.417. The lowest BCUT2D eigenvalue weighted by molar-refractivity contribution is 0.0876. The highest BCUT2D eigenvalue weighted by Crippen LogP contribution is 2.26. The lowest BCUT2D eigenvalue weighted by Crippen LogP contribution is -2.30. The molecule has 0 spiro atoms. The number of hydrogen-bond acceptors (Lipinski definition) is 5. The van der Waals surface area contributed by atoms with Gasteiger partial charge in [0.25, 0.3) is 0 Å². The molecule has 3 rings (SSSR count). The fourth-order valence-corrected chi connectivity index (χ4v) is 2.29. The van der Waals surface area contributed by atoms with Crippen LogP contribution in [0.1, 0.15) is 12.8 Å². The van der Waals surface area contributed by atoms with Crippen LogP contribution in [0.4, 0.5) is 5.69 Å². The third-order valence-corrected chi connectivity index (χ3v) is 3.41. The van der Waals surface area contributed by atoms with E-state index in [-0.39, 0.29) is 0 Å². The lowest BCUT2D eigenvalue weighted by atomic mass is 10.1. The van der Waals surface area contributed by atoms with E-state index < -0.39 is 0 Å². The van der Waals surface area contributed by atoms with Gasteiger partial charge in [-0.3, -0.25) is 0 Å². The van der Waals surface area contributed by atoms with Crippen molar-refractivity contribution in [3.05, 3.63) is 29.5 Å². The molecule has 0 amide bonds. The van der Waals surface area contributed by atoms with Crippen molar-refractivity contribution in [1.29, 1.82) is 0 Å². The minimum atomic E-state index is 0.301. The van der Waals surface area contributed by atoms with Crippen molar-refractivity contribution in [1.82, 2.24) is 20.2 Å². The van der Waals surface area contributed by atoms with Crippen LogP contribution in [-0.4, -0.2) is 39.5 Å². The van der Waals surface area contributed by atoms with Crippen LogP contribution in [0, 0.1) is 0 Å². The number of tetrazole rings is 1. The largest absolute Gasteiger partial charge is 0.379 e. The van der Waals surface area contributed by atoms with E-state index in [0.717, 1.165) is 30.8 Å². The lowest BCUT2D eigenvalue weighted by Gasteiger charge is -2.24. The molecule has 0 bridgehead atoms. The van der Waals surface area contributed by atoms with Crippen molar-refractivity contribution in [3.8, 4) is 5.69 Å². The molecular formula is C12H14ClN5O. The van der Waals surface area contributed by atoms with Crippen molar-refractivity contribution < 1.29 is 4.74 Å². The molecule has 1 saturated heterocycles. The van der Waals surface area contributed by atoms with Crippen molar-refractivity contribution in [2.45, 2.75) is 18.9 Å². The molecule has 0 radical (unpaired) electrons. The normalized spacial score (nSPS) is 19.3. The second-order valence-electron chi connectivity index (χ2n) is 4.48. The van der Waals surface area contributed by atoms with Crippen molar-refractivity contribution in [2.75, 3.05) is 18.5 Å². The quantitative estimate of drug-likeness (QED) is 0.930. The molecular weight excluding hydrogens is 266 g/mol. The number of nitrogens with one attached hydrogen (secondary N) is 1. The molecule has 1 aliphatic heterocycles. The van der Waals surface area contributed by atoms with Gasteiger partial charge in [0.2, 0.25) is 0 Å². The highest BCUT2D eigenvalue weighted by atomic mass is 35.5. The second kappa shape index (κ2) is 5.54. The Morgan fingerprint density at radius 1 is 1.42 bits per heavy atom. The van der Waals surface area contributed by atoms with Crippen molar-refractivity contribution >= 4 is 17.3 Å². The number of hydrogen-bond donors (Lipinski definition) is 1. The third kappa shape index (κ3) is 2.85. The molecule has 0 aliphatic carbocycles. The first-order valence-electron chi connectivity index (χ1n) is 6.20. The van der Waals surface area contributed by atoms with E-state index in [1.165, 1.54) is 0 Å². The smallest absolute Gasteiger partial charge is 0.143 e. The first-order valence-corrected chi connectivity index (χ1v) is 6.58. The minimum Gasteiger partial charge on any atom is -0.379 e. The Hall–Kier alpha value is -1.66. The summed E-state index contributed by atoms with van der Waals surface area (Å²) < 4.78 is 7.05. The molecule has 100 valence electrons. The summed E-state index contributed by atoms with van der Waals surface area (Å²) in [6.07, 6.45) is 3.71. The Labute approximate surface area is 115 Å². The van der Waals surface area contributed by atoms with Crippen molar-refractivity contribution in [3.63, 3.8) is 0 Å². The molecule has 1 fully saturated rings. The summed E-state index contributed by atoms with van der Waals surface area (Å²) in [5, 5.41) is 15.2. The number of rotatable bonds is 3. The third-order valence-electron chi connectivity index (χ3n) is 3.08. The Bertz CT molecular complexity index is 539. The highest BCUT2D eigenvalue weighted by molar-refractivity contribution is 6.33. The number of aromatic nitrogens is 4. The fourth-order valence-electron chi connectivity index (χ4n) is 2.12. The van der Waals surface area contributed by atoms with E-state index in [9.17, 15) is 0 Å². The summed E-state index contributed by atoms with van der Waals surface area (Å²) in [4.78, 5) is 0. The summed E-state index contributed by atoms with van der Waals surface area (Å²) in [7, 11) is 0. The van der Waals surface area contributed by atoms with Crippen LogP contribution in [0.15, 0.2) is 24.5 Å². The molecule has 6 nitrogen and oxygen atoms in total. The minimum absolute atomic E-state index is 0.301. The number of ether oxygens (including phenoxy) is 1. The summed E-state index contributed by atoms with van der Waals surface area (Å²) in [6.45, 7) is 1.56. The number of benzene rings is 1. The molecule has 0 saturated carbocycles. The van der Waals surface area contributed by atoms with Crippen LogP contribution < -0.4 is 5.32 Å². The summed E-state index contributed by atoms with van der Waals surface area (Å²) in [5.41, 5.74) is 1.75. The maximum atomic E-state index is 6.21. The van der Waals surface area contributed by atoms with E-state index in [0.29, 0.717) is 17.7 Å².